The molecule has 2 aromatic rings. The molecule has 0 spiro atoms. The summed E-state index contributed by atoms with van der Waals surface area (Å²) in [4.78, 5) is 33.6. The molecule has 0 saturated heterocycles. The van der Waals surface area contributed by atoms with Crippen LogP contribution in [0.3, 0.4) is 0 Å². The molecule has 0 aliphatic heterocycles. The zero-order valence-corrected chi connectivity index (χ0v) is 12.9. The quantitative estimate of drug-likeness (QED) is 0.449. The van der Waals surface area contributed by atoms with Crippen molar-refractivity contribution in [3.8, 4) is 5.75 Å². The van der Waals surface area contributed by atoms with Crippen LogP contribution in [-0.4, -0.2) is 27.0 Å². The molecule has 8 heteroatoms. The highest BCUT2D eigenvalue weighted by Crippen LogP contribution is 2.27. The van der Waals surface area contributed by atoms with Crippen molar-refractivity contribution in [1.29, 1.82) is 0 Å². The number of carbonyl (C=O) groups excluding carboxylic acids is 1. The topological polar surface area (TPSA) is 130 Å². The number of amides is 1. The maximum atomic E-state index is 12.2. The maximum Gasteiger partial charge on any atom is 0.339 e. The van der Waals surface area contributed by atoms with Crippen molar-refractivity contribution < 1.29 is 24.7 Å². The van der Waals surface area contributed by atoms with Gasteiger partial charge in [0.15, 0.2) is 0 Å². The van der Waals surface area contributed by atoms with Crippen molar-refractivity contribution in [3.05, 3.63) is 62.7 Å². The first-order valence-electron chi connectivity index (χ1n) is 6.84. The molecular weight excluding hydrogens is 316 g/mol. The minimum atomic E-state index is -1.32. The molecular formula is C16H14N2O6. The van der Waals surface area contributed by atoms with Crippen molar-refractivity contribution in [2.45, 2.75) is 13.8 Å². The number of hydrogen-bond acceptors (Lipinski definition) is 5. The summed E-state index contributed by atoms with van der Waals surface area (Å²) in [5.74, 6) is -2.24. The Morgan fingerprint density at radius 2 is 1.79 bits per heavy atom. The molecule has 8 nitrogen and oxygen atoms in total. The van der Waals surface area contributed by atoms with Gasteiger partial charge in [-0.05, 0) is 43.7 Å². The molecule has 0 aromatic heterocycles. The Bertz CT molecular complexity index is 860. The number of hydrogen-bond donors (Lipinski definition) is 3. The van der Waals surface area contributed by atoms with Gasteiger partial charge < -0.3 is 15.5 Å². The molecule has 2 aromatic carbocycles. The molecule has 0 bridgehead atoms. The summed E-state index contributed by atoms with van der Waals surface area (Å²) in [5.41, 5.74) is 0.598. The number of nitro groups is 1. The zero-order chi connectivity index (χ0) is 18.0. The Labute approximate surface area is 136 Å². The van der Waals surface area contributed by atoms with E-state index in [9.17, 15) is 24.8 Å². The molecule has 0 saturated carbocycles. The largest absolute Gasteiger partial charge is 0.507 e. The van der Waals surface area contributed by atoms with Gasteiger partial charge in [-0.3, -0.25) is 14.9 Å². The van der Waals surface area contributed by atoms with Gasteiger partial charge in [-0.2, -0.15) is 0 Å². The highest BCUT2D eigenvalue weighted by molar-refractivity contribution is 6.05. The molecule has 24 heavy (non-hydrogen) atoms. The summed E-state index contributed by atoms with van der Waals surface area (Å²) in [5, 5.41) is 32.1. The van der Waals surface area contributed by atoms with Gasteiger partial charge in [0.2, 0.25) is 0 Å². The second kappa shape index (κ2) is 6.37. The van der Waals surface area contributed by atoms with Crippen LogP contribution < -0.4 is 5.32 Å². The Hall–Kier alpha value is -3.42. The van der Waals surface area contributed by atoms with E-state index >= 15 is 0 Å². The molecule has 0 unspecified atom stereocenters. The molecule has 0 atom stereocenters. The second-order valence-electron chi connectivity index (χ2n) is 5.21. The van der Waals surface area contributed by atoms with Crippen LogP contribution in [0.4, 0.5) is 11.4 Å². The SMILES string of the molecule is Cc1cc(C(=O)Nc2cc(C)c(O)c(C(=O)O)c2)ccc1[N+](=O)[O-]. The standard InChI is InChI=1S/C16H14N2O6/c1-8-5-10(3-4-13(8)18(23)24)15(20)17-11-6-9(2)14(19)12(7-11)16(21)22/h3-7,19H,1-2H3,(H,17,20)(H,21,22). The molecule has 0 heterocycles. The Morgan fingerprint density at radius 1 is 1.12 bits per heavy atom. The van der Waals surface area contributed by atoms with Crippen LogP contribution >= 0.6 is 0 Å². The maximum absolute atomic E-state index is 12.2. The number of nitrogens with zero attached hydrogens (tertiary/aromatic N) is 1. The molecule has 2 rings (SSSR count). The first-order valence-corrected chi connectivity index (χ1v) is 6.84. The van der Waals surface area contributed by atoms with Crippen molar-refractivity contribution in [2.24, 2.45) is 0 Å². The van der Waals surface area contributed by atoms with E-state index in [4.69, 9.17) is 5.11 Å². The number of rotatable bonds is 4. The number of carbonyl (C=O) groups is 2. The fraction of sp³-hybridized carbons (Fsp3) is 0.125. The van der Waals surface area contributed by atoms with E-state index < -0.39 is 16.8 Å². The number of aryl methyl sites for hydroxylation is 2. The van der Waals surface area contributed by atoms with Crippen LogP contribution in [0, 0.1) is 24.0 Å². The number of anilines is 1. The van der Waals surface area contributed by atoms with E-state index in [2.05, 4.69) is 5.32 Å². The predicted octanol–water partition coefficient (Wildman–Crippen LogP) is 2.87. The molecule has 0 radical (unpaired) electrons. The Kier molecular flexibility index (Phi) is 4.50. The second-order valence-corrected chi connectivity index (χ2v) is 5.21. The van der Waals surface area contributed by atoms with Gasteiger partial charge in [0.1, 0.15) is 11.3 Å². The lowest BCUT2D eigenvalue weighted by Gasteiger charge is -2.10. The summed E-state index contributed by atoms with van der Waals surface area (Å²) in [6, 6.07) is 6.48. The number of nitrogens with one attached hydrogen (secondary N) is 1. The van der Waals surface area contributed by atoms with E-state index in [1.54, 1.807) is 0 Å². The smallest absolute Gasteiger partial charge is 0.339 e. The summed E-state index contributed by atoms with van der Waals surface area (Å²) in [7, 11) is 0. The summed E-state index contributed by atoms with van der Waals surface area (Å²) in [6.45, 7) is 3.02. The first-order chi connectivity index (χ1) is 11.2. The average Bonchev–Trinajstić information content (AvgIpc) is 2.49. The van der Waals surface area contributed by atoms with Crippen molar-refractivity contribution >= 4 is 23.3 Å². The van der Waals surface area contributed by atoms with Gasteiger partial charge in [0, 0.05) is 22.9 Å². The molecule has 0 fully saturated rings. The Morgan fingerprint density at radius 3 is 2.33 bits per heavy atom. The van der Waals surface area contributed by atoms with Crippen LogP contribution in [0.2, 0.25) is 0 Å². The fourth-order valence-electron chi connectivity index (χ4n) is 2.22. The highest BCUT2D eigenvalue weighted by atomic mass is 16.6. The Balaban J connectivity index is 2.32. The number of carboxylic acid groups (broad SMARTS) is 1. The van der Waals surface area contributed by atoms with Crippen molar-refractivity contribution in [1.82, 2.24) is 0 Å². The predicted molar refractivity (Wildman–Crippen MR) is 85.6 cm³/mol. The lowest BCUT2D eigenvalue weighted by atomic mass is 10.1. The summed E-state index contributed by atoms with van der Waals surface area (Å²) < 4.78 is 0. The van der Waals surface area contributed by atoms with Gasteiger partial charge in [0.25, 0.3) is 11.6 Å². The fourth-order valence-corrected chi connectivity index (χ4v) is 2.22. The number of aromatic hydroxyl groups is 1. The number of benzene rings is 2. The van der Waals surface area contributed by atoms with E-state index in [0.29, 0.717) is 11.1 Å². The van der Waals surface area contributed by atoms with E-state index in [1.807, 2.05) is 0 Å². The van der Waals surface area contributed by atoms with E-state index in [-0.39, 0.29) is 28.3 Å². The molecule has 0 aliphatic carbocycles. The monoisotopic (exact) mass is 330 g/mol. The van der Waals surface area contributed by atoms with Crippen molar-refractivity contribution in [2.75, 3.05) is 5.32 Å². The van der Waals surface area contributed by atoms with Crippen molar-refractivity contribution in [3.63, 3.8) is 0 Å². The van der Waals surface area contributed by atoms with Gasteiger partial charge >= 0.3 is 5.97 Å². The van der Waals surface area contributed by atoms with E-state index in [0.717, 1.165) is 6.07 Å². The normalized spacial score (nSPS) is 10.2. The van der Waals surface area contributed by atoms with Gasteiger partial charge in [0.05, 0.1) is 4.92 Å². The van der Waals surface area contributed by atoms with Crippen LogP contribution in [0.15, 0.2) is 30.3 Å². The van der Waals surface area contributed by atoms with Gasteiger partial charge in [-0.25, -0.2) is 4.79 Å². The number of phenols is 1. The summed E-state index contributed by atoms with van der Waals surface area (Å²) >= 11 is 0. The minimum absolute atomic E-state index is 0.0970. The molecule has 0 aliphatic rings. The number of aromatic carboxylic acids is 1. The van der Waals surface area contributed by atoms with Crippen LogP contribution in [0.25, 0.3) is 0 Å². The number of nitro benzene ring substituents is 1. The third-order valence-corrected chi connectivity index (χ3v) is 3.44. The van der Waals surface area contributed by atoms with Crippen LogP contribution in [-0.2, 0) is 0 Å². The molecule has 3 N–H and O–H groups in total. The van der Waals surface area contributed by atoms with Crippen LogP contribution in [0.5, 0.6) is 5.75 Å². The van der Waals surface area contributed by atoms with E-state index in [1.165, 1.54) is 38.1 Å². The number of carboxylic acids is 1. The third kappa shape index (κ3) is 3.32. The van der Waals surface area contributed by atoms with Gasteiger partial charge in [-0.15, -0.1) is 0 Å². The van der Waals surface area contributed by atoms with Gasteiger partial charge in [-0.1, -0.05) is 0 Å². The van der Waals surface area contributed by atoms with Crippen LogP contribution in [0.1, 0.15) is 31.8 Å². The highest BCUT2D eigenvalue weighted by Gasteiger charge is 2.17. The summed E-state index contributed by atoms with van der Waals surface area (Å²) in [6.07, 6.45) is 0. The average molecular weight is 330 g/mol. The third-order valence-electron chi connectivity index (χ3n) is 3.44. The molecule has 124 valence electrons. The minimum Gasteiger partial charge on any atom is -0.507 e. The lowest BCUT2D eigenvalue weighted by Crippen LogP contribution is -2.13. The molecule has 1 amide bonds. The zero-order valence-electron chi connectivity index (χ0n) is 12.9. The first kappa shape index (κ1) is 16.9. The lowest BCUT2D eigenvalue weighted by molar-refractivity contribution is -0.385.